The number of hydrogen-bond acceptors (Lipinski definition) is 3. The minimum atomic E-state index is 0. The van der Waals surface area contributed by atoms with Crippen molar-refractivity contribution in [2.45, 2.75) is 58.3 Å². The lowest BCUT2D eigenvalue weighted by atomic mass is 10.1. The molecule has 0 atom stereocenters. The zero-order chi connectivity index (χ0) is 17.7. The molecule has 0 aliphatic carbocycles. The van der Waals surface area contributed by atoms with Gasteiger partial charge in [-0.25, -0.2) is 4.99 Å². The number of carbonyl (C=O) groups excluding carboxylic acids is 1. The smallest absolute Gasteiger partial charge is 0.244 e. The molecule has 0 radical (unpaired) electrons. The van der Waals surface area contributed by atoms with Crippen LogP contribution in [0.2, 0.25) is 0 Å². The Bertz CT molecular complexity index is 407. The Balaban J connectivity index is 0.00000338. The summed E-state index contributed by atoms with van der Waals surface area (Å²) in [4.78, 5) is 21.1. The van der Waals surface area contributed by atoms with E-state index >= 15 is 0 Å². The lowest BCUT2D eigenvalue weighted by Crippen LogP contribution is -2.39. The molecule has 2 aliphatic heterocycles. The van der Waals surface area contributed by atoms with Crippen molar-refractivity contribution >= 4 is 35.8 Å². The highest BCUT2D eigenvalue weighted by molar-refractivity contribution is 14.0. The zero-order valence-corrected chi connectivity index (χ0v) is 18.8. The third kappa shape index (κ3) is 9.39. The normalized spacial score (nSPS) is 18.5. The van der Waals surface area contributed by atoms with Gasteiger partial charge >= 0.3 is 0 Å². The number of carbonyl (C=O) groups is 1. The molecule has 2 N–H and O–H groups in total. The summed E-state index contributed by atoms with van der Waals surface area (Å²) in [5.41, 5.74) is 0. The molecule has 1 amide bonds. The summed E-state index contributed by atoms with van der Waals surface area (Å²) >= 11 is 0. The second-order valence-electron chi connectivity index (χ2n) is 7.17. The molecule has 0 spiro atoms. The number of halogens is 1. The van der Waals surface area contributed by atoms with Crippen molar-refractivity contribution in [1.82, 2.24) is 20.4 Å². The minimum absolute atomic E-state index is 0. The number of likely N-dealkylation sites (tertiary alicyclic amines) is 2. The minimum Gasteiger partial charge on any atom is -0.357 e. The molecule has 0 aromatic rings. The Morgan fingerprint density at radius 1 is 0.923 bits per heavy atom. The Morgan fingerprint density at radius 3 is 2.31 bits per heavy atom. The van der Waals surface area contributed by atoms with Crippen molar-refractivity contribution in [3.8, 4) is 0 Å². The van der Waals surface area contributed by atoms with Gasteiger partial charge in [0.25, 0.3) is 0 Å². The number of amides is 1. The average molecular weight is 479 g/mol. The Kier molecular flexibility index (Phi) is 13.1. The number of rotatable bonds is 9. The highest BCUT2D eigenvalue weighted by Gasteiger charge is 2.17. The highest BCUT2D eigenvalue weighted by Crippen LogP contribution is 2.10. The van der Waals surface area contributed by atoms with E-state index in [1.807, 2.05) is 4.90 Å². The Hall–Kier alpha value is -0.570. The van der Waals surface area contributed by atoms with E-state index in [1.165, 1.54) is 51.7 Å². The van der Waals surface area contributed by atoms with E-state index < -0.39 is 0 Å². The van der Waals surface area contributed by atoms with E-state index in [1.54, 1.807) is 0 Å². The molecule has 6 nitrogen and oxygen atoms in total. The summed E-state index contributed by atoms with van der Waals surface area (Å²) in [6.07, 6.45) is 10.1. The van der Waals surface area contributed by atoms with Crippen LogP contribution in [-0.4, -0.2) is 74.0 Å². The summed E-state index contributed by atoms with van der Waals surface area (Å²) in [5.74, 6) is 0.919. The van der Waals surface area contributed by atoms with Crippen LogP contribution in [0.1, 0.15) is 58.3 Å². The second kappa shape index (κ2) is 14.5. The fraction of sp³-hybridized carbons (Fsp3) is 0.895. The second-order valence-corrected chi connectivity index (χ2v) is 7.17. The van der Waals surface area contributed by atoms with E-state index in [-0.39, 0.29) is 36.4 Å². The number of aliphatic imine (C=N–C) groups is 1. The van der Waals surface area contributed by atoms with E-state index in [9.17, 15) is 4.79 Å². The first-order chi connectivity index (χ1) is 12.3. The van der Waals surface area contributed by atoms with Crippen LogP contribution in [0, 0.1) is 0 Å². The van der Waals surface area contributed by atoms with Crippen LogP contribution in [0.5, 0.6) is 0 Å². The first-order valence-electron chi connectivity index (χ1n) is 10.3. The largest absolute Gasteiger partial charge is 0.357 e. The molecule has 152 valence electrons. The lowest BCUT2D eigenvalue weighted by Gasteiger charge is -2.26. The number of nitrogens with zero attached hydrogens (tertiary/aromatic N) is 3. The maximum atomic E-state index is 12.1. The molecule has 26 heavy (non-hydrogen) atoms. The zero-order valence-electron chi connectivity index (χ0n) is 16.5. The van der Waals surface area contributed by atoms with E-state index in [0.717, 1.165) is 51.4 Å². The van der Waals surface area contributed by atoms with Crippen LogP contribution in [0.25, 0.3) is 0 Å². The van der Waals surface area contributed by atoms with Crippen molar-refractivity contribution in [3.05, 3.63) is 0 Å². The van der Waals surface area contributed by atoms with Gasteiger partial charge in [0.15, 0.2) is 5.96 Å². The standard InChI is InChI=1S/C19H37N5O.HI/c1-2-20-19(22-17-18(25)24-15-9-10-16-24)21-11-5-3-6-12-23-13-7-4-8-14-23;/h2-17H2,1H3,(H2,20,21,22);1H. The van der Waals surface area contributed by atoms with Gasteiger partial charge in [0.1, 0.15) is 6.54 Å². The summed E-state index contributed by atoms with van der Waals surface area (Å²) in [6, 6.07) is 0. The highest BCUT2D eigenvalue weighted by atomic mass is 127. The molecule has 7 heteroatoms. The first kappa shape index (κ1) is 23.5. The van der Waals surface area contributed by atoms with Gasteiger partial charge in [0.05, 0.1) is 0 Å². The number of unbranched alkanes of at least 4 members (excludes halogenated alkanes) is 2. The summed E-state index contributed by atoms with van der Waals surface area (Å²) in [7, 11) is 0. The van der Waals surface area contributed by atoms with E-state index in [2.05, 4.69) is 27.4 Å². The van der Waals surface area contributed by atoms with E-state index in [4.69, 9.17) is 0 Å². The molecule has 2 saturated heterocycles. The van der Waals surface area contributed by atoms with Gasteiger partial charge in [-0.1, -0.05) is 12.8 Å². The van der Waals surface area contributed by atoms with Gasteiger partial charge in [-0.05, 0) is 65.1 Å². The number of guanidine groups is 1. The van der Waals surface area contributed by atoms with Gasteiger partial charge in [0.2, 0.25) is 5.91 Å². The predicted molar refractivity (Wildman–Crippen MR) is 119 cm³/mol. The summed E-state index contributed by atoms with van der Waals surface area (Å²) in [6.45, 7) is 9.68. The first-order valence-corrected chi connectivity index (χ1v) is 10.3. The molecule has 0 saturated carbocycles. The molecule has 2 heterocycles. The van der Waals surface area contributed by atoms with Crippen molar-refractivity contribution in [2.24, 2.45) is 4.99 Å². The number of nitrogens with one attached hydrogen (secondary N) is 2. The van der Waals surface area contributed by atoms with Gasteiger partial charge in [0, 0.05) is 26.2 Å². The molecule has 0 aromatic carbocycles. The van der Waals surface area contributed by atoms with Crippen molar-refractivity contribution < 1.29 is 4.79 Å². The molecule has 0 bridgehead atoms. The molecule has 0 unspecified atom stereocenters. The van der Waals surface area contributed by atoms with Gasteiger partial charge in [-0.15, -0.1) is 24.0 Å². The Labute approximate surface area is 176 Å². The van der Waals surface area contributed by atoms with Crippen LogP contribution in [0.4, 0.5) is 0 Å². The van der Waals surface area contributed by atoms with Crippen molar-refractivity contribution in [3.63, 3.8) is 0 Å². The average Bonchev–Trinajstić information content (AvgIpc) is 3.18. The fourth-order valence-corrected chi connectivity index (χ4v) is 3.58. The maximum absolute atomic E-state index is 12.1. The molecule has 0 aromatic heterocycles. The SMILES string of the molecule is CCNC(=NCC(=O)N1CCCC1)NCCCCCN1CCCCC1.I. The van der Waals surface area contributed by atoms with Crippen LogP contribution in [-0.2, 0) is 4.79 Å². The quantitative estimate of drug-likeness (QED) is 0.231. The molecule has 2 fully saturated rings. The maximum Gasteiger partial charge on any atom is 0.244 e. The summed E-state index contributed by atoms with van der Waals surface area (Å²) in [5, 5.41) is 6.59. The third-order valence-electron chi connectivity index (χ3n) is 5.07. The van der Waals surface area contributed by atoms with Gasteiger partial charge in [-0.3, -0.25) is 4.79 Å². The molecule has 2 aliphatic rings. The van der Waals surface area contributed by atoms with Gasteiger partial charge < -0.3 is 20.4 Å². The summed E-state index contributed by atoms with van der Waals surface area (Å²) < 4.78 is 0. The van der Waals surface area contributed by atoms with Crippen molar-refractivity contribution in [2.75, 3.05) is 52.4 Å². The predicted octanol–water partition coefficient (Wildman–Crippen LogP) is 2.44. The Morgan fingerprint density at radius 2 is 1.62 bits per heavy atom. The van der Waals surface area contributed by atoms with Crippen LogP contribution >= 0.6 is 24.0 Å². The fourth-order valence-electron chi connectivity index (χ4n) is 3.58. The number of hydrogen-bond donors (Lipinski definition) is 2. The lowest BCUT2D eigenvalue weighted by molar-refractivity contribution is -0.128. The van der Waals surface area contributed by atoms with Crippen LogP contribution in [0.15, 0.2) is 4.99 Å². The third-order valence-corrected chi connectivity index (χ3v) is 5.07. The molecular formula is C19H38IN5O. The number of piperidine rings is 1. The monoisotopic (exact) mass is 479 g/mol. The van der Waals surface area contributed by atoms with Crippen LogP contribution in [0.3, 0.4) is 0 Å². The van der Waals surface area contributed by atoms with Crippen LogP contribution < -0.4 is 10.6 Å². The van der Waals surface area contributed by atoms with Gasteiger partial charge in [-0.2, -0.15) is 0 Å². The van der Waals surface area contributed by atoms with E-state index in [0.29, 0.717) is 0 Å². The topological polar surface area (TPSA) is 60.0 Å². The molecule has 2 rings (SSSR count). The molecular weight excluding hydrogens is 441 g/mol. The van der Waals surface area contributed by atoms with Crippen molar-refractivity contribution in [1.29, 1.82) is 0 Å².